The van der Waals surface area contributed by atoms with Crippen molar-refractivity contribution in [3.05, 3.63) is 36.5 Å². The minimum atomic E-state index is 0.151. The maximum atomic E-state index is 12.7. The average molecular weight is 325 g/mol. The van der Waals surface area contributed by atoms with E-state index in [1.54, 1.807) is 0 Å². The van der Waals surface area contributed by atoms with Crippen LogP contribution in [0.15, 0.2) is 36.5 Å². The first-order valence-electron chi connectivity index (χ1n) is 8.99. The molecule has 128 valence electrons. The van der Waals surface area contributed by atoms with Gasteiger partial charge in [0.1, 0.15) is 0 Å². The third kappa shape index (κ3) is 3.23. The Bertz CT molecular complexity index is 700. The van der Waals surface area contributed by atoms with Crippen LogP contribution in [0, 0.1) is 11.8 Å². The Labute approximate surface area is 144 Å². The number of pyridine rings is 1. The van der Waals surface area contributed by atoms with Crippen molar-refractivity contribution in [3.63, 3.8) is 0 Å². The van der Waals surface area contributed by atoms with Gasteiger partial charge in [-0.05, 0) is 24.5 Å². The molecule has 0 radical (unpaired) electrons. The van der Waals surface area contributed by atoms with Crippen molar-refractivity contribution in [1.29, 1.82) is 0 Å². The fourth-order valence-electron chi connectivity index (χ4n) is 3.69. The van der Waals surface area contributed by atoms with E-state index in [1.165, 1.54) is 11.1 Å². The number of nitrogens with zero attached hydrogens (tertiary/aromatic N) is 3. The maximum Gasteiger partial charge on any atom is 0.226 e. The van der Waals surface area contributed by atoms with Crippen LogP contribution in [0.25, 0.3) is 10.9 Å². The minimum absolute atomic E-state index is 0.151. The summed E-state index contributed by atoms with van der Waals surface area (Å²) in [6, 6.07) is 10.3. The summed E-state index contributed by atoms with van der Waals surface area (Å²) in [6.07, 6.45) is 2.80. The summed E-state index contributed by atoms with van der Waals surface area (Å²) < 4.78 is 0. The van der Waals surface area contributed by atoms with E-state index in [2.05, 4.69) is 48.9 Å². The number of hydrogen-bond donors (Lipinski definition) is 0. The molecular formula is C20H27N3O. The molecule has 1 saturated heterocycles. The second-order valence-electron chi connectivity index (χ2n) is 6.92. The SMILES string of the molecule is CCC(C(=O)N1CCN(c2ccnc3ccccc23)CC1)C(C)C. The molecule has 0 bridgehead atoms. The van der Waals surface area contributed by atoms with Crippen LogP contribution in [0.4, 0.5) is 5.69 Å². The van der Waals surface area contributed by atoms with Crippen LogP contribution < -0.4 is 4.90 Å². The maximum absolute atomic E-state index is 12.7. The number of rotatable bonds is 4. The van der Waals surface area contributed by atoms with Crippen molar-refractivity contribution in [1.82, 2.24) is 9.88 Å². The summed E-state index contributed by atoms with van der Waals surface area (Å²) >= 11 is 0. The van der Waals surface area contributed by atoms with Gasteiger partial charge < -0.3 is 9.80 Å². The molecule has 0 saturated carbocycles. The Hall–Kier alpha value is -2.10. The summed E-state index contributed by atoms with van der Waals surface area (Å²) in [7, 11) is 0. The minimum Gasteiger partial charge on any atom is -0.367 e. The molecule has 1 aliphatic rings. The number of anilines is 1. The Morgan fingerprint density at radius 2 is 1.83 bits per heavy atom. The lowest BCUT2D eigenvalue weighted by atomic mass is 9.91. The van der Waals surface area contributed by atoms with E-state index in [9.17, 15) is 4.79 Å². The highest BCUT2D eigenvalue weighted by Crippen LogP contribution is 2.27. The number of aromatic nitrogens is 1. The topological polar surface area (TPSA) is 36.4 Å². The van der Waals surface area contributed by atoms with E-state index < -0.39 is 0 Å². The number of carbonyl (C=O) groups is 1. The number of piperazine rings is 1. The zero-order valence-corrected chi connectivity index (χ0v) is 14.9. The van der Waals surface area contributed by atoms with Crippen molar-refractivity contribution < 1.29 is 4.79 Å². The molecule has 3 rings (SSSR count). The Morgan fingerprint density at radius 3 is 2.50 bits per heavy atom. The lowest BCUT2D eigenvalue weighted by molar-refractivity contribution is -0.137. The number of benzene rings is 1. The average Bonchev–Trinajstić information content (AvgIpc) is 2.61. The molecule has 4 heteroatoms. The first-order valence-corrected chi connectivity index (χ1v) is 8.99. The molecule has 0 N–H and O–H groups in total. The monoisotopic (exact) mass is 325 g/mol. The molecule has 0 spiro atoms. The smallest absolute Gasteiger partial charge is 0.226 e. The first-order chi connectivity index (χ1) is 11.6. The lowest BCUT2D eigenvalue weighted by Gasteiger charge is -2.38. The zero-order chi connectivity index (χ0) is 17.1. The number of carbonyl (C=O) groups excluding carboxylic acids is 1. The van der Waals surface area contributed by atoms with Crippen LogP contribution >= 0.6 is 0 Å². The lowest BCUT2D eigenvalue weighted by Crippen LogP contribution is -2.51. The third-order valence-electron chi connectivity index (χ3n) is 5.12. The normalized spacial score (nSPS) is 16.7. The van der Waals surface area contributed by atoms with Gasteiger partial charge in [0.15, 0.2) is 0 Å². The van der Waals surface area contributed by atoms with E-state index in [0.29, 0.717) is 11.8 Å². The van der Waals surface area contributed by atoms with Gasteiger partial charge in [-0.2, -0.15) is 0 Å². The predicted molar refractivity (Wildman–Crippen MR) is 99.2 cm³/mol. The largest absolute Gasteiger partial charge is 0.367 e. The van der Waals surface area contributed by atoms with Crippen molar-refractivity contribution in [2.24, 2.45) is 11.8 Å². The van der Waals surface area contributed by atoms with E-state index in [4.69, 9.17) is 0 Å². The van der Waals surface area contributed by atoms with Gasteiger partial charge in [-0.3, -0.25) is 9.78 Å². The van der Waals surface area contributed by atoms with E-state index >= 15 is 0 Å². The summed E-state index contributed by atoms with van der Waals surface area (Å²) in [5.74, 6) is 0.884. The van der Waals surface area contributed by atoms with Crippen LogP contribution in [-0.2, 0) is 4.79 Å². The second-order valence-corrected chi connectivity index (χ2v) is 6.92. The predicted octanol–water partition coefficient (Wildman–Crippen LogP) is 3.57. The highest BCUT2D eigenvalue weighted by atomic mass is 16.2. The molecular weight excluding hydrogens is 298 g/mol. The number of amides is 1. The molecule has 1 amide bonds. The molecule has 1 aromatic heterocycles. The van der Waals surface area contributed by atoms with Crippen molar-refractivity contribution in [3.8, 4) is 0 Å². The summed E-state index contributed by atoms with van der Waals surface area (Å²) in [5, 5.41) is 1.19. The van der Waals surface area contributed by atoms with Gasteiger partial charge in [0.25, 0.3) is 0 Å². The van der Waals surface area contributed by atoms with E-state index in [0.717, 1.165) is 38.1 Å². The quantitative estimate of drug-likeness (QED) is 0.862. The fourth-order valence-corrected chi connectivity index (χ4v) is 3.69. The van der Waals surface area contributed by atoms with Crippen LogP contribution in [0.2, 0.25) is 0 Å². The standard InChI is InChI=1S/C20H27N3O/c1-4-16(15(2)3)20(24)23-13-11-22(12-14-23)19-9-10-21-18-8-6-5-7-17(18)19/h5-10,15-16H,4,11-14H2,1-3H3. The molecule has 24 heavy (non-hydrogen) atoms. The van der Waals surface area contributed by atoms with Gasteiger partial charge in [-0.25, -0.2) is 0 Å². The van der Waals surface area contributed by atoms with Gasteiger partial charge in [-0.15, -0.1) is 0 Å². The Kier molecular flexibility index (Phi) is 5.03. The van der Waals surface area contributed by atoms with Crippen LogP contribution in [0.3, 0.4) is 0 Å². The third-order valence-corrected chi connectivity index (χ3v) is 5.12. The van der Waals surface area contributed by atoms with Gasteiger partial charge in [0.05, 0.1) is 5.52 Å². The van der Waals surface area contributed by atoms with Crippen LogP contribution in [0.1, 0.15) is 27.2 Å². The zero-order valence-electron chi connectivity index (χ0n) is 14.9. The number of hydrogen-bond acceptors (Lipinski definition) is 3. The molecule has 2 heterocycles. The molecule has 1 aromatic carbocycles. The van der Waals surface area contributed by atoms with Crippen molar-refractivity contribution in [2.75, 3.05) is 31.1 Å². The molecule has 1 atom stereocenters. The molecule has 1 fully saturated rings. The second kappa shape index (κ2) is 7.20. The van der Waals surface area contributed by atoms with Gasteiger partial charge in [0.2, 0.25) is 5.91 Å². The van der Waals surface area contributed by atoms with E-state index in [-0.39, 0.29) is 5.92 Å². The summed E-state index contributed by atoms with van der Waals surface area (Å²) in [5.41, 5.74) is 2.25. The Balaban J connectivity index is 1.72. The summed E-state index contributed by atoms with van der Waals surface area (Å²) in [4.78, 5) is 21.6. The molecule has 4 nitrogen and oxygen atoms in total. The Morgan fingerprint density at radius 1 is 1.12 bits per heavy atom. The number of para-hydroxylation sites is 1. The van der Waals surface area contributed by atoms with Crippen molar-refractivity contribution >= 4 is 22.5 Å². The molecule has 1 unspecified atom stereocenters. The van der Waals surface area contributed by atoms with E-state index in [1.807, 2.05) is 23.2 Å². The van der Waals surface area contributed by atoms with Crippen molar-refractivity contribution in [2.45, 2.75) is 27.2 Å². The van der Waals surface area contributed by atoms with Gasteiger partial charge in [-0.1, -0.05) is 39.0 Å². The summed E-state index contributed by atoms with van der Waals surface area (Å²) in [6.45, 7) is 9.78. The number of fused-ring (bicyclic) bond motifs is 1. The highest BCUT2D eigenvalue weighted by Gasteiger charge is 2.28. The van der Waals surface area contributed by atoms with Gasteiger partial charge in [0, 0.05) is 49.4 Å². The van der Waals surface area contributed by atoms with Crippen LogP contribution in [-0.4, -0.2) is 42.0 Å². The fraction of sp³-hybridized carbons (Fsp3) is 0.500. The molecule has 2 aromatic rings. The molecule has 0 aliphatic carbocycles. The molecule has 1 aliphatic heterocycles. The van der Waals surface area contributed by atoms with Crippen LogP contribution in [0.5, 0.6) is 0 Å². The first kappa shape index (κ1) is 16.7. The van der Waals surface area contributed by atoms with Gasteiger partial charge >= 0.3 is 0 Å². The highest BCUT2D eigenvalue weighted by molar-refractivity contribution is 5.91.